The molecule has 1 atom stereocenters. The number of hydrogen-bond donors (Lipinski definition) is 3. The van der Waals surface area contributed by atoms with Crippen molar-refractivity contribution < 1.29 is 0 Å². The molecule has 4 N–H and O–H groups in total. The Hall–Kier alpha value is -0.770. The average Bonchev–Trinajstić information content (AvgIpc) is 2.28. The molecule has 1 unspecified atom stereocenters. The predicted octanol–water partition coefficient (Wildman–Crippen LogP) is 2.16. The van der Waals surface area contributed by atoms with Crippen LogP contribution in [0.1, 0.15) is 59.8 Å². The van der Waals surface area contributed by atoms with E-state index in [9.17, 15) is 0 Å². The molecule has 0 aromatic rings. The van der Waals surface area contributed by atoms with Crippen LogP contribution in [0.5, 0.6) is 0 Å². The molecule has 4 nitrogen and oxygen atoms in total. The van der Waals surface area contributed by atoms with E-state index >= 15 is 0 Å². The van der Waals surface area contributed by atoms with Crippen molar-refractivity contribution in [1.82, 2.24) is 10.7 Å². The zero-order valence-electron chi connectivity index (χ0n) is 11.7. The van der Waals surface area contributed by atoms with E-state index in [0.29, 0.717) is 12.1 Å². The summed E-state index contributed by atoms with van der Waals surface area (Å²) in [6.07, 6.45) is 6.32. The first-order valence-corrected chi connectivity index (χ1v) is 6.74. The largest absolute Gasteiger partial charge is 0.352 e. The summed E-state index contributed by atoms with van der Waals surface area (Å²) in [6.45, 7) is 8.78. The van der Waals surface area contributed by atoms with E-state index in [-0.39, 0.29) is 5.41 Å². The van der Waals surface area contributed by atoms with Crippen LogP contribution in [0.15, 0.2) is 4.99 Å². The number of hydrazine groups is 1. The lowest BCUT2D eigenvalue weighted by Crippen LogP contribution is -2.50. The molecule has 0 bridgehead atoms. The fourth-order valence-electron chi connectivity index (χ4n) is 1.93. The van der Waals surface area contributed by atoms with Crippen LogP contribution in [0.4, 0.5) is 0 Å². The van der Waals surface area contributed by atoms with Crippen molar-refractivity contribution in [1.29, 1.82) is 0 Å². The number of guanidine groups is 1. The Kier molecular flexibility index (Phi) is 5.25. The molecule has 0 aromatic carbocycles. The summed E-state index contributed by atoms with van der Waals surface area (Å²) in [6, 6.07) is 0.773. The quantitative estimate of drug-likeness (QED) is 0.300. The van der Waals surface area contributed by atoms with Gasteiger partial charge in [-0.05, 0) is 25.2 Å². The van der Waals surface area contributed by atoms with Gasteiger partial charge in [0.2, 0.25) is 5.96 Å². The molecular weight excluding hydrogens is 212 g/mol. The van der Waals surface area contributed by atoms with E-state index in [1.165, 1.54) is 32.1 Å². The Bertz CT molecular complexity index is 249. The van der Waals surface area contributed by atoms with Gasteiger partial charge >= 0.3 is 0 Å². The second kappa shape index (κ2) is 6.24. The molecular formula is C13H28N4. The second-order valence-electron chi connectivity index (χ2n) is 6.15. The molecule has 0 amide bonds. The third-order valence-corrected chi connectivity index (χ3v) is 3.68. The van der Waals surface area contributed by atoms with E-state index in [1.54, 1.807) is 0 Å². The number of nitrogens with two attached hydrogens (primary N) is 1. The first-order valence-electron chi connectivity index (χ1n) is 6.74. The highest BCUT2D eigenvalue weighted by Crippen LogP contribution is 2.21. The van der Waals surface area contributed by atoms with Crippen molar-refractivity contribution in [3.05, 3.63) is 0 Å². The number of aliphatic imine (C=N–C) groups is 1. The number of nitrogens with zero attached hydrogens (tertiary/aromatic N) is 1. The molecule has 0 aromatic heterocycles. The number of rotatable bonds is 2. The molecule has 1 fully saturated rings. The van der Waals surface area contributed by atoms with Gasteiger partial charge in [0.05, 0.1) is 6.04 Å². The summed E-state index contributed by atoms with van der Waals surface area (Å²) in [4.78, 5) is 4.68. The summed E-state index contributed by atoms with van der Waals surface area (Å²) in [7, 11) is 0. The van der Waals surface area contributed by atoms with Gasteiger partial charge in [-0.3, -0.25) is 5.43 Å². The molecule has 0 radical (unpaired) electrons. The van der Waals surface area contributed by atoms with Crippen LogP contribution in [0.3, 0.4) is 0 Å². The van der Waals surface area contributed by atoms with Crippen LogP contribution in [-0.4, -0.2) is 18.0 Å². The van der Waals surface area contributed by atoms with Gasteiger partial charge in [0.1, 0.15) is 0 Å². The van der Waals surface area contributed by atoms with Gasteiger partial charge in [-0.15, -0.1) is 0 Å². The normalized spacial score (nSPS) is 21.1. The highest BCUT2D eigenvalue weighted by Gasteiger charge is 2.21. The zero-order chi connectivity index (χ0) is 12.9. The smallest absolute Gasteiger partial charge is 0.206 e. The SMILES string of the molecule is CC(NC(=NC1CCCCC1)NN)C(C)(C)C. The van der Waals surface area contributed by atoms with Crippen LogP contribution >= 0.6 is 0 Å². The topological polar surface area (TPSA) is 62.4 Å². The Labute approximate surface area is 105 Å². The minimum absolute atomic E-state index is 0.199. The van der Waals surface area contributed by atoms with Crippen molar-refractivity contribution in [2.75, 3.05) is 0 Å². The summed E-state index contributed by atoms with van der Waals surface area (Å²) >= 11 is 0. The third kappa shape index (κ3) is 4.94. The minimum atomic E-state index is 0.199. The predicted molar refractivity (Wildman–Crippen MR) is 73.7 cm³/mol. The molecule has 0 heterocycles. The maximum atomic E-state index is 5.54. The minimum Gasteiger partial charge on any atom is -0.352 e. The maximum absolute atomic E-state index is 5.54. The fourth-order valence-corrected chi connectivity index (χ4v) is 1.93. The van der Waals surface area contributed by atoms with Gasteiger partial charge in [-0.2, -0.15) is 0 Å². The highest BCUT2D eigenvalue weighted by atomic mass is 15.3. The summed E-state index contributed by atoms with van der Waals surface area (Å²) in [5.41, 5.74) is 2.89. The Morgan fingerprint density at radius 2 is 1.82 bits per heavy atom. The van der Waals surface area contributed by atoms with E-state index < -0.39 is 0 Å². The fraction of sp³-hybridized carbons (Fsp3) is 0.923. The summed E-state index contributed by atoms with van der Waals surface area (Å²) in [5, 5.41) is 3.37. The van der Waals surface area contributed by atoms with E-state index in [0.717, 1.165) is 5.96 Å². The van der Waals surface area contributed by atoms with Crippen LogP contribution in [0.2, 0.25) is 0 Å². The van der Waals surface area contributed by atoms with Crippen LogP contribution < -0.4 is 16.6 Å². The monoisotopic (exact) mass is 240 g/mol. The lowest BCUT2D eigenvalue weighted by atomic mass is 9.88. The van der Waals surface area contributed by atoms with Crippen LogP contribution in [-0.2, 0) is 0 Å². The highest BCUT2D eigenvalue weighted by molar-refractivity contribution is 5.79. The van der Waals surface area contributed by atoms with Crippen molar-refractivity contribution in [3.63, 3.8) is 0 Å². The number of hydrogen-bond acceptors (Lipinski definition) is 2. The molecule has 1 aliphatic carbocycles. The van der Waals surface area contributed by atoms with Crippen LogP contribution in [0.25, 0.3) is 0 Å². The Balaban J connectivity index is 2.54. The lowest BCUT2D eigenvalue weighted by molar-refractivity contribution is 0.313. The zero-order valence-corrected chi connectivity index (χ0v) is 11.7. The van der Waals surface area contributed by atoms with E-state index in [4.69, 9.17) is 5.84 Å². The molecule has 0 spiro atoms. The van der Waals surface area contributed by atoms with Gasteiger partial charge < -0.3 is 5.32 Å². The first-order chi connectivity index (χ1) is 7.93. The first kappa shape index (κ1) is 14.3. The maximum Gasteiger partial charge on any atom is 0.206 e. The molecule has 0 saturated heterocycles. The van der Waals surface area contributed by atoms with E-state index in [1.807, 2.05) is 0 Å². The van der Waals surface area contributed by atoms with Gasteiger partial charge in [-0.1, -0.05) is 40.0 Å². The lowest BCUT2D eigenvalue weighted by Gasteiger charge is -2.30. The van der Waals surface area contributed by atoms with Crippen molar-refractivity contribution in [2.45, 2.75) is 71.9 Å². The molecule has 4 heteroatoms. The summed E-state index contributed by atoms with van der Waals surface area (Å²) in [5.74, 6) is 6.27. The van der Waals surface area contributed by atoms with Crippen molar-refractivity contribution in [3.8, 4) is 0 Å². The van der Waals surface area contributed by atoms with Gasteiger partial charge in [-0.25, -0.2) is 10.8 Å². The van der Waals surface area contributed by atoms with Crippen molar-refractivity contribution >= 4 is 5.96 Å². The summed E-state index contributed by atoms with van der Waals surface area (Å²) < 4.78 is 0. The number of nitrogens with one attached hydrogen (secondary N) is 2. The molecule has 100 valence electrons. The van der Waals surface area contributed by atoms with Gasteiger partial charge in [0.25, 0.3) is 0 Å². The Morgan fingerprint density at radius 1 is 1.24 bits per heavy atom. The third-order valence-electron chi connectivity index (χ3n) is 3.68. The van der Waals surface area contributed by atoms with Gasteiger partial charge in [0, 0.05) is 6.04 Å². The second-order valence-corrected chi connectivity index (χ2v) is 6.15. The molecule has 0 aliphatic heterocycles. The molecule has 17 heavy (non-hydrogen) atoms. The van der Waals surface area contributed by atoms with E-state index in [2.05, 4.69) is 43.4 Å². The molecule has 1 aliphatic rings. The van der Waals surface area contributed by atoms with Crippen LogP contribution in [0, 0.1) is 5.41 Å². The average molecular weight is 240 g/mol. The molecule has 1 saturated carbocycles. The van der Waals surface area contributed by atoms with Crippen molar-refractivity contribution in [2.24, 2.45) is 16.3 Å². The van der Waals surface area contributed by atoms with Gasteiger partial charge in [0.15, 0.2) is 0 Å². The Morgan fingerprint density at radius 3 is 2.29 bits per heavy atom. The standard InChI is InChI=1S/C13H28N4/c1-10(13(2,3)4)15-12(17-14)16-11-8-6-5-7-9-11/h10-11H,5-9,14H2,1-4H3,(H2,15,16,17). The molecule has 1 rings (SSSR count).